The summed E-state index contributed by atoms with van der Waals surface area (Å²) in [5.74, 6) is 2.60. The van der Waals surface area contributed by atoms with Crippen LogP contribution in [0.3, 0.4) is 0 Å². The van der Waals surface area contributed by atoms with Crippen molar-refractivity contribution >= 4 is 11.6 Å². The maximum Gasteiger partial charge on any atom is 0.0578 e. The molecule has 0 bridgehead atoms. The Morgan fingerprint density at radius 1 is 1.40 bits per heavy atom. The number of hydrogen-bond donors (Lipinski definition) is 1. The summed E-state index contributed by atoms with van der Waals surface area (Å²) >= 11 is 5.85. The Morgan fingerprint density at radius 2 is 2.07 bits per heavy atom. The molecule has 2 heteroatoms. The normalized spacial score (nSPS) is 12.1. The Balaban J connectivity index is 2.70. The van der Waals surface area contributed by atoms with Crippen LogP contribution in [0.5, 0.6) is 0 Å². The highest BCUT2D eigenvalue weighted by atomic mass is 35.5. The van der Waals surface area contributed by atoms with Crippen molar-refractivity contribution in [2.45, 2.75) is 25.8 Å². The van der Waals surface area contributed by atoms with E-state index in [0.717, 1.165) is 17.9 Å². The Hall–Kier alpha value is -0.970. The largest absolute Gasteiger partial charge is 0.299 e. The van der Waals surface area contributed by atoms with E-state index in [-0.39, 0.29) is 0 Å². The van der Waals surface area contributed by atoms with Crippen molar-refractivity contribution in [2.24, 2.45) is 0 Å². The molecule has 0 aliphatic carbocycles. The van der Waals surface area contributed by atoms with Crippen molar-refractivity contribution < 1.29 is 0 Å². The van der Waals surface area contributed by atoms with Gasteiger partial charge in [-0.3, -0.25) is 5.32 Å². The van der Waals surface area contributed by atoms with Gasteiger partial charge < -0.3 is 0 Å². The van der Waals surface area contributed by atoms with Crippen LogP contribution >= 0.6 is 11.6 Å². The van der Waals surface area contributed by atoms with E-state index in [4.69, 9.17) is 18.0 Å². The van der Waals surface area contributed by atoms with Gasteiger partial charge in [-0.2, -0.15) is 0 Å². The van der Waals surface area contributed by atoms with Crippen LogP contribution < -0.4 is 5.32 Å². The standard InChI is InChI=1S/C13H16ClN/c1-3-5-13(15-10-4-2)11-6-8-12(14)9-7-11/h2,6-9,13,15H,3,5,10H2,1H3. The van der Waals surface area contributed by atoms with Gasteiger partial charge in [-0.05, 0) is 24.1 Å². The zero-order valence-corrected chi connectivity index (χ0v) is 9.72. The van der Waals surface area contributed by atoms with Crippen LogP contribution in [0.15, 0.2) is 24.3 Å². The maximum absolute atomic E-state index is 5.85. The van der Waals surface area contributed by atoms with E-state index in [1.807, 2.05) is 24.3 Å². The summed E-state index contributed by atoms with van der Waals surface area (Å²) in [4.78, 5) is 0. The van der Waals surface area contributed by atoms with E-state index in [2.05, 4.69) is 18.2 Å². The smallest absolute Gasteiger partial charge is 0.0578 e. The number of rotatable bonds is 5. The van der Waals surface area contributed by atoms with E-state index < -0.39 is 0 Å². The van der Waals surface area contributed by atoms with Crippen LogP contribution in [0.1, 0.15) is 31.4 Å². The van der Waals surface area contributed by atoms with E-state index in [0.29, 0.717) is 12.6 Å². The second kappa shape index (κ2) is 6.50. The van der Waals surface area contributed by atoms with Gasteiger partial charge in [-0.1, -0.05) is 43.0 Å². The lowest BCUT2D eigenvalue weighted by molar-refractivity contribution is 0.524. The topological polar surface area (TPSA) is 12.0 Å². The molecule has 0 heterocycles. The number of hydrogen-bond acceptors (Lipinski definition) is 1. The SMILES string of the molecule is C#CCNC(CCC)c1ccc(Cl)cc1. The molecule has 1 aromatic carbocycles. The van der Waals surface area contributed by atoms with Crippen molar-refractivity contribution in [1.29, 1.82) is 0 Å². The van der Waals surface area contributed by atoms with Crippen molar-refractivity contribution in [2.75, 3.05) is 6.54 Å². The fourth-order valence-electron chi connectivity index (χ4n) is 1.55. The van der Waals surface area contributed by atoms with Crippen LogP contribution in [0.2, 0.25) is 5.02 Å². The molecule has 0 spiro atoms. The Morgan fingerprint density at radius 3 is 2.60 bits per heavy atom. The second-order valence-corrected chi connectivity index (χ2v) is 3.91. The molecule has 80 valence electrons. The quantitative estimate of drug-likeness (QED) is 0.752. The fraction of sp³-hybridized carbons (Fsp3) is 0.385. The summed E-state index contributed by atoms with van der Waals surface area (Å²) in [5, 5.41) is 4.10. The first kappa shape index (κ1) is 12.1. The minimum atomic E-state index is 0.336. The highest BCUT2D eigenvalue weighted by molar-refractivity contribution is 6.30. The van der Waals surface area contributed by atoms with Gasteiger partial charge in [0.25, 0.3) is 0 Å². The lowest BCUT2D eigenvalue weighted by Gasteiger charge is -2.17. The Labute approximate surface area is 96.8 Å². The minimum absolute atomic E-state index is 0.336. The first-order chi connectivity index (χ1) is 7.27. The summed E-state index contributed by atoms with van der Waals surface area (Å²) < 4.78 is 0. The van der Waals surface area contributed by atoms with Gasteiger partial charge in [0.2, 0.25) is 0 Å². The third-order valence-electron chi connectivity index (χ3n) is 2.30. The van der Waals surface area contributed by atoms with Crippen molar-refractivity contribution in [3.8, 4) is 12.3 Å². The molecular formula is C13H16ClN. The molecule has 0 saturated heterocycles. The van der Waals surface area contributed by atoms with Gasteiger partial charge in [0.15, 0.2) is 0 Å². The van der Waals surface area contributed by atoms with Crippen LogP contribution in [0, 0.1) is 12.3 Å². The van der Waals surface area contributed by atoms with E-state index >= 15 is 0 Å². The van der Waals surface area contributed by atoms with Crippen molar-refractivity contribution in [3.63, 3.8) is 0 Å². The zero-order chi connectivity index (χ0) is 11.1. The lowest BCUT2D eigenvalue weighted by Crippen LogP contribution is -2.21. The van der Waals surface area contributed by atoms with E-state index in [1.165, 1.54) is 5.56 Å². The van der Waals surface area contributed by atoms with Gasteiger partial charge in [-0.15, -0.1) is 6.42 Å². The number of halogens is 1. The molecule has 1 N–H and O–H groups in total. The van der Waals surface area contributed by atoms with Gasteiger partial charge in [0, 0.05) is 11.1 Å². The molecule has 0 amide bonds. The van der Waals surface area contributed by atoms with E-state index in [1.54, 1.807) is 0 Å². The molecule has 1 rings (SSSR count). The van der Waals surface area contributed by atoms with Crippen LogP contribution in [0.25, 0.3) is 0 Å². The lowest BCUT2D eigenvalue weighted by atomic mass is 10.0. The molecule has 0 aliphatic rings. The fourth-order valence-corrected chi connectivity index (χ4v) is 1.68. The molecule has 0 aliphatic heterocycles. The summed E-state index contributed by atoms with van der Waals surface area (Å²) in [6.45, 7) is 2.77. The van der Waals surface area contributed by atoms with Gasteiger partial charge in [0.05, 0.1) is 6.54 Å². The third-order valence-corrected chi connectivity index (χ3v) is 2.55. The minimum Gasteiger partial charge on any atom is -0.299 e. The van der Waals surface area contributed by atoms with Gasteiger partial charge in [-0.25, -0.2) is 0 Å². The van der Waals surface area contributed by atoms with Crippen molar-refractivity contribution in [3.05, 3.63) is 34.9 Å². The summed E-state index contributed by atoms with van der Waals surface area (Å²) in [6.07, 6.45) is 7.46. The monoisotopic (exact) mass is 221 g/mol. The first-order valence-electron chi connectivity index (χ1n) is 5.20. The van der Waals surface area contributed by atoms with Gasteiger partial charge in [0.1, 0.15) is 0 Å². The molecule has 0 aromatic heterocycles. The second-order valence-electron chi connectivity index (χ2n) is 3.48. The molecule has 1 aromatic rings. The molecule has 0 saturated carbocycles. The number of terminal acetylenes is 1. The zero-order valence-electron chi connectivity index (χ0n) is 8.96. The molecule has 1 unspecified atom stereocenters. The molecule has 15 heavy (non-hydrogen) atoms. The predicted molar refractivity (Wildman–Crippen MR) is 65.9 cm³/mol. The molecule has 1 atom stereocenters. The highest BCUT2D eigenvalue weighted by Crippen LogP contribution is 2.20. The molecule has 0 fully saturated rings. The van der Waals surface area contributed by atoms with Gasteiger partial charge >= 0.3 is 0 Å². The number of benzene rings is 1. The summed E-state index contributed by atoms with van der Waals surface area (Å²) in [7, 11) is 0. The third kappa shape index (κ3) is 3.95. The molecule has 1 nitrogen and oxygen atoms in total. The summed E-state index contributed by atoms with van der Waals surface area (Å²) in [5.41, 5.74) is 1.25. The molecular weight excluding hydrogens is 206 g/mol. The average Bonchev–Trinajstić information content (AvgIpc) is 2.25. The van der Waals surface area contributed by atoms with E-state index in [9.17, 15) is 0 Å². The van der Waals surface area contributed by atoms with Crippen molar-refractivity contribution in [1.82, 2.24) is 5.32 Å². The number of nitrogens with one attached hydrogen (secondary N) is 1. The van der Waals surface area contributed by atoms with Crippen LogP contribution in [0.4, 0.5) is 0 Å². The Kier molecular flexibility index (Phi) is 5.25. The Bertz CT molecular complexity index is 323. The highest BCUT2D eigenvalue weighted by Gasteiger charge is 2.08. The molecule has 0 radical (unpaired) electrons. The van der Waals surface area contributed by atoms with Crippen LogP contribution in [-0.2, 0) is 0 Å². The summed E-state index contributed by atoms with van der Waals surface area (Å²) in [6, 6.07) is 8.26. The first-order valence-corrected chi connectivity index (χ1v) is 5.58. The van der Waals surface area contributed by atoms with Crippen LogP contribution in [-0.4, -0.2) is 6.54 Å². The average molecular weight is 222 g/mol. The maximum atomic E-state index is 5.85. The predicted octanol–water partition coefficient (Wildman–Crippen LogP) is 3.40.